The van der Waals surface area contributed by atoms with Gasteiger partial charge in [-0.3, -0.25) is 0 Å². The van der Waals surface area contributed by atoms with Crippen LogP contribution in [0.4, 0.5) is 0 Å². The molecule has 0 unspecified atom stereocenters. The van der Waals surface area contributed by atoms with Crippen molar-refractivity contribution in [2.45, 2.75) is 6.92 Å². The van der Waals surface area contributed by atoms with E-state index in [1.165, 1.54) is 13.2 Å². The van der Waals surface area contributed by atoms with Crippen molar-refractivity contribution in [1.82, 2.24) is 0 Å². The Balaban J connectivity index is 3.28. The Morgan fingerprint density at radius 3 is 2.67 bits per heavy atom. The minimum atomic E-state index is -0.914. The monoisotopic (exact) mass is 249 g/mol. The first kappa shape index (κ1) is 13.5. The first-order valence-corrected chi connectivity index (χ1v) is 5.24. The Bertz CT molecular complexity index is 517. The zero-order valence-electron chi connectivity index (χ0n) is 10.1. The number of diazo groups is 1. The fraction of sp³-hybridized carbons (Fsp3) is 0.250. The number of rotatable bonds is 4. The van der Waals surface area contributed by atoms with Gasteiger partial charge in [-0.15, -0.1) is 0 Å². The molecule has 1 N–H and O–H groups in total. The standard InChI is InChI=1S/C12H12N2O4/c1-3-18-12(16)10(14-13)11(15)8-6-4-5-7-9(8)17-2/h4-7H,3H2,1-2H3/p+1. The van der Waals surface area contributed by atoms with Crippen LogP contribution in [0.2, 0.25) is 0 Å². The molecule has 0 atom stereocenters. The van der Waals surface area contributed by atoms with E-state index in [2.05, 4.69) is 9.71 Å². The highest BCUT2D eigenvalue weighted by Crippen LogP contribution is 2.27. The van der Waals surface area contributed by atoms with Gasteiger partial charge in [-0.25, -0.2) is 4.79 Å². The van der Waals surface area contributed by atoms with Gasteiger partial charge in [0, 0.05) is 0 Å². The van der Waals surface area contributed by atoms with Crippen LogP contribution >= 0.6 is 0 Å². The van der Waals surface area contributed by atoms with Gasteiger partial charge < -0.3 is 14.6 Å². The molecular weight excluding hydrogens is 236 g/mol. The van der Waals surface area contributed by atoms with Crippen LogP contribution in [0.15, 0.2) is 30.0 Å². The van der Waals surface area contributed by atoms with Crippen molar-refractivity contribution >= 4 is 11.7 Å². The van der Waals surface area contributed by atoms with Crippen molar-refractivity contribution in [2.24, 2.45) is 0 Å². The Hall–Kier alpha value is -2.55. The predicted octanol–water partition coefficient (Wildman–Crippen LogP) is 2.34. The summed E-state index contributed by atoms with van der Waals surface area (Å²) in [5, 5.41) is 18.7. The molecule has 1 aromatic rings. The molecule has 6 nitrogen and oxygen atoms in total. The topological polar surface area (TPSA) is 83.9 Å². The molecule has 0 saturated carbocycles. The van der Waals surface area contributed by atoms with E-state index < -0.39 is 17.4 Å². The molecular formula is C12H13N2O4+. The molecule has 18 heavy (non-hydrogen) atoms. The quantitative estimate of drug-likeness (QED) is 0.383. The van der Waals surface area contributed by atoms with Crippen molar-refractivity contribution in [2.75, 3.05) is 13.7 Å². The van der Waals surface area contributed by atoms with Gasteiger partial charge in [0.15, 0.2) is 4.98 Å². The second kappa shape index (κ2) is 6.25. The van der Waals surface area contributed by atoms with Crippen LogP contribution in [0.3, 0.4) is 0 Å². The van der Waals surface area contributed by atoms with Crippen molar-refractivity contribution in [1.29, 1.82) is 5.39 Å². The molecule has 0 aliphatic heterocycles. The van der Waals surface area contributed by atoms with Crippen molar-refractivity contribution < 1.29 is 19.4 Å². The molecule has 0 aromatic heterocycles. The fourth-order valence-electron chi connectivity index (χ4n) is 1.35. The van der Waals surface area contributed by atoms with Crippen LogP contribution in [-0.2, 0) is 9.53 Å². The third-order valence-electron chi connectivity index (χ3n) is 2.16. The molecule has 0 aliphatic rings. The number of benzene rings is 1. The molecule has 6 heteroatoms. The van der Waals surface area contributed by atoms with E-state index in [0.29, 0.717) is 5.75 Å². The van der Waals surface area contributed by atoms with Crippen LogP contribution < -0.4 is 4.74 Å². The number of carbonyl (C=O) groups is 1. The molecule has 1 aromatic carbocycles. The summed E-state index contributed by atoms with van der Waals surface area (Å²) in [4.78, 5) is 14.2. The summed E-state index contributed by atoms with van der Waals surface area (Å²) in [5.74, 6) is -1.07. The predicted molar refractivity (Wildman–Crippen MR) is 64.3 cm³/mol. The zero-order chi connectivity index (χ0) is 13.5. The average Bonchev–Trinajstić information content (AvgIpc) is 2.39. The summed E-state index contributed by atoms with van der Waals surface area (Å²) in [6.45, 7) is 1.71. The number of hydrogen-bond acceptors (Lipinski definition) is 5. The summed E-state index contributed by atoms with van der Waals surface area (Å²) in [6, 6.07) is 6.48. The summed E-state index contributed by atoms with van der Waals surface area (Å²) in [7, 11) is 1.42. The number of nitrogens with zero attached hydrogens (tertiary/aromatic N) is 2. The second-order valence-electron chi connectivity index (χ2n) is 3.22. The lowest BCUT2D eigenvalue weighted by molar-refractivity contribution is -0.138. The maximum Gasteiger partial charge on any atom is 0.510 e. The van der Waals surface area contributed by atoms with Crippen LogP contribution in [0.25, 0.3) is 10.7 Å². The summed E-state index contributed by atoms with van der Waals surface area (Å²) >= 11 is 0. The van der Waals surface area contributed by atoms with Gasteiger partial charge in [0.05, 0.1) is 19.3 Å². The molecule has 0 bridgehead atoms. The number of carbonyl (C=O) groups excluding carboxylic acids is 1. The Morgan fingerprint density at radius 2 is 2.11 bits per heavy atom. The van der Waals surface area contributed by atoms with Gasteiger partial charge in [0.25, 0.3) is 0 Å². The highest BCUT2D eigenvalue weighted by molar-refractivity contribution is 5.98. The highest BCUT2D eigenvalue weighted by atomic mass is 16.5. The normalized spacial score (nSPS) is 11.2. The Labute approximate surface area is 104 Å². The van der Waals surface area contributed by atoms with Gasteiger partial charge in [0.1, 0.15) is 5.75 Å². The zero-order valence-corrected chi connectivity index (χ0v) is 10.1. The number of para-hydroxylation sites is 1. The third-order valence-corrected chi connectivity index (χ3v) is 2.16. The van der Waals surface area contributed by atoms with E-state index in [0.717, 1.165) is 0 Å². The highest BCUT2D eigenvalue weighted by Gasteiger charge is 2.32. The van der Waals surface area contributed by atoms with E-state index in [9.17, 15) is 9.90 Å². The molecule has 94 valence electrons. The maximum atomic E-state index is 11.5. The first-order valence-electron chi connectivity index (χ1n) is 5.24. The largest absolute Gasteiger partial charge is 0.510 e. The van der Waals surface area contributed by atoms with Gasteiger partial charge in [-0.05, 0) is 19.1 Å². The summed E-state index contributed by atoms with van der Waals surface area (Å²) < 4.78 is 9.69. The lowest BCUT2D eigenvalue weighted by Crippen LogP contribution is -2.08. The van der Waals surface area contributed by atoms with Crippen LogP contribution in [0, 0.1) is 5.39 Å². The first-order chi connectivity index (χ1) is 8.65. The molecule has 1 rings (SSSR count). The summed E-state index contributed by atoms with van der Waals surface area (Å²) in [6.07, 6.45) is 0. The number of aliphatic hydroxyl groups is 1. The number of aliphatic hydroxyl groups excluding tert-OH is 1. The summed E-state index contributed by atoms with van der Waals surface area (Å²) in [5.41, 5.74) is -0.331. The molecule has 0 heterocycles. The van der Waals surface area contributed by atoms with Gasteiger partial charge >= 0.3 is 11.7 Å². The minimum Gasteiger partial charge on any atom is -0.501 e. The molecule has 0 aliphatic carbocycles. The fourth-order valence-corrected chi connectivity index (χ4v) is 1.35. The smallest absolute Gasteiger partial charge is 0.501 e. The number of hydrogen-bond donors (Lipinski definition) is 1. The maximum absolute atomic E-state index is 11.5. The van der Waals surface area contributed by atoms with Gasteiger partial charge in [-0.2, -0.15) is 0 Å². The Kier molecular flexibility index (Phi) is 4.69. The van der Waals surface area contributed by atoms with Crippen molar-refractivity contribution in [3.8, 4) is 5.75 Å². The van der Waals surface area contributed by atoms with Crippen LogP contribution in [-0.4, -0.2) is 24.8 Å². The molecule has 0 radical (unpaired) electrons. The van der Waals surface area contributed by atoms with E-state index in [1.54, 1.807) is 25.1 Å². The Morgan fingerprint density at radius 1 is 1.44 bits per heavy atom. The van der Waals surface area contributed by atoms with Crippen molar-refractivity contribution in [3.05, 3.63) is 40.5 Å². The van der Waals surface area contributed by atoms with Gasteiger partial charge in [-0.1, -0.05) is 12.1 Å². The van der Waals surface area contributed by atoms with E-state index in [1.807, 2.05) is 0 Å². The third kappa shape index (κ3) is 2.77. The van der Waals surface area contributed by atoms with Crippen molar-refractivity contribution in [3.63, 3.8) is 0 Å². The van der Waals surface area contributed by atoms with E-state index >= 15 is 0 Å². The number of methoxy groups -OCH3 is 1. The molecule has 0 saturated heterocycles. The van der Waals surface area contributed by atoms with Crippen LogP contribution in [0.1, 0.15) is 12.5 Å². The SMILES string of the molecule is CCOC(=O)/C([N+]#N)=C(\O)c1ccccc1OC. The average molecular weight is 249 g/mol. The lowest BCUT2D eigenvalue weighted by atomic mass is 10.1. The molecule has 0 amide bonds. The second-order valence-corrected chi connectivity index (χ2v) is 3.22. The molecule has 0 spiro atoms. The van der Waals surface area contributed by atoms with Crippen LogP contribution in [0.5, 0.6) is 5.75 Å². The number of ether oxygens (including phenoxy) is 2. The lowest BCUT2D eigenvalue weighted by Gasteiger charge is -2.05. The van der Waals surface area contributed by atoms with Gasteiger partial charge in [0.2, 0.25) is 11.2 Å². The number of esters is 1. The minimum absolute atomic E-state index is 0.108. The molecule has 0 fully saturated rings. The van der Waals surface area contributed by atoms with E-state index in [-0.39, 0.29) is 12.2 Å². The van der Waals surface area contributed by atoms with E-state index in [4.69, 9.17) is 10.1 Å².